The maximum atomic E-state index is 12.3. The molecule has 4 rings (SSSR count). The molecule has 0 aliphatic heterocycles. The molecule has 0 spiro atoms. The lowest BCUT2D eigenvalue weighted by atomic mass is 9.67. The Balaban J connectivity index is 1.99. The highest BCUT2D eigenvalue weighted by Crippen LogP contribution is 2.54. The SMILES string of the molecule is COC(=O)C(C)CC1(CC(C)C)c2ccccc2-c2nc3ccccc3cc21. The smallest absolute Gasteiger partial charge is 0.308 e. The number of hydrogen-bond acceptors (Lipinski definition) is 3. The van der Waals surface area contributed by atoms with Gasteiger partial charge in [-0.2, -0.15) is 0 Å². The third kappa shape index (κ3) is 2.90. The summed E-state index contributed by atoms with van der Waals surface area (Å²) in [5, 5.41) is 1.15. The van der Waals surface area contributed by atoms with Crippen molar-refractivity contribution in [2.24, 2.45) is 11.8 Å². The highest BCUT2D eigenvalue weighted by molar-refractivity contribution is 5.88. The number of aromatic nitrogens is 1. The highest BCUT2D eigenvalue weighted by Gasteiger charge is 2.46. The minimum Gasteiger partial charge on any atom is -0.469 e. The molecule has 0 saturated carbocycles. The van der Waals surface area contributed by atoms with Crippen LogP contribution in [0.2, 0.25) is 0 Å². The zero-order valence-electron chi connectivity index (χ0n) is 17.0. The minimum absolute atomic E-state index is 0.150. The Morgan fingerprint density at radius 1 is 1.00 bits per heavy atom. The van der Waals surface area contributed by atoms with Crippen LogP contribution in [0.3, 0.4) is 0 Å². The third-order valence-electron chi connectivity index (χ3n) is 5.95. The van der Waals surface area contributed by atoms with E-state index in [1.165, 1.54) is 23.8 Å². The van der Waals surface area contributed by atoms with Crippen LogP contribution in [0.4, 0.5) is 0 Å². The van der Waals surface area contributed by atoms with Gasteiger partial charge in [-0.25, -0.2) is 4.98 Å². The van der Waals surface area contributed by atoms with E-state index in [1.54, 1.807) is 0 Å². The molecule has 1 aliphatic carbocycles. The van der Waals surface area contributed by atoms with Gasteiger partial charge in [-0.05, 0) is 42.0 Å². The van der Waals surface area contributed by atoms with Gasteiger partial charge >= 0.3 is 5.97 Å². The van der Waals surface area contributed by atoms with Crippen LogP contribution in [0.15, 0.2) is 54.6 Å². The van der Waals surface area contributed by atoms with Gasteiger partial charge in [0, 0.05) is 16.4 Å². The number of benzene rings is 2. The summed E-state index contributed by atoms with van der Waals surface area (Å²) >= 11 is 0. The summed E-state index contributed by atoms with van der Waals surface area (Å²) in [4.78, 5) is 17.4. The van der Waals surface area contributed by atoms with Gasteiger partial charge in [-0.3, -0.25) is 4.79 Å². The Labute approximate surface area is 166 Å². The number of carbonyl (C=O) groups is 1. The van der Waals surface area contributed by atoms with Crippen molar-refractivity contribution >= 4 is 16.9 Å². The topological polar surface area (TPSA) is 39.2 Å². The van der Waals surface area contributed by atoms with E-state index in [2.05, 4.69) is 62.4 Å². The van der Waals surface area contributed by atoms with E-state index in [4.69, 9.17) is 9.72 Å². The Kier molecular flexibility index (Phi) is 4.70. The standard InChI is InChI=1S/C25H27NO2/c1-16(2)14-25(15-17(3)24(27)28-4)20-11-7-6-10-19(20)23-21(25)13-18-9-5-8-12-22(18)26-23/h5-13,16-17H,14-15H2,1-4H3. The van der Waals surface area contributed by atoms with E-state index < -0.39 is 0 Å². The van der Waals surface area contributed by atoms with Crippen LogP contribution in [0.25, 0.3) is 22.2 Å². The molecule has 3 aromatic rings. The molecule has 3 nitrogen and oxygen atoms in total. The lowest BCUT2D eigenvalue weighted by molar-refractivity contribution is -0.145. The maximum absolute atomic E-state index is 12.3. The summed E-state index contributed by atoms with van der Waals surface area (Å²) < 4.78 is 5.06. The molecule has 0 fully saturated rings. The van der Waals surface area contributed by atoms with E-state index in [1.807, 2.05) is 13.0 Å². The molecule has 144 valence electrons. The Morgan fingerprint density at radius 3 is 2.46 bits per heavy atom. The number of methoxy groups -OCH3 is 1. The highest BCUT2D eigenvalue weighted by atomic mass is 16.5. The number of hydrogen-bond donors (Lipinski definition) is 0. The number of rotatable bonds is 5. The van der Waals surface area contributed by atoms with Gasteiger partial charge in [0.2, 0.25) is 0 Å². The van der Waals surface area contributed by atoms with Crippen LogP contribution in [0.5, 0.6) is 0 Å². The molecule has 0 radical (unpaired) electrons. The van der Waals surface area contributed by atoms with Crippen molar-refractivity contribution in [3.05, 3.63) is 65.7 Å². The van der Waals surface area contributed by atoms with Crippen molar-refractivity contribution in [2.75, 3.05) is 7.11 Å². The predicted octanol–water partition coefficient (Wildman–Crippen LogP) is 5.75. The fourth-order valence-electron chi connectivity index (χ4n) is 4.97. The lowest BCUT2D eigenvalue weighted by Crippen LogP contribution is -2.32. The molecule has 2 unspecified atom stereocenters. The molecule has 3 heteroatoms. The van der Waals surface area contributed by atoms with Crippen molar-refractivity contribution in [3.63, 3.8) is 0 Å². The summed E-state index contributed by atoms with van der Waals surface area (Å²) in [6.07, 6.45) is 1.69. The van der Waals surface area contributed by atoms with E-state index in [0.29, 0.717) is 5.92 Å². The number of nitrogens with zero attached hydrogens (tertiary/aromatic N) is 1. The molecule has 1 aliphatic rings. The Hall–Kier alpha value is -2.68. The lowest BCUT2D eigenvalue weighted by Gasteiger charge is -2.35. The Bertz CT molecular complexity index is 1040. The van der Waals surface area contributed by atoms with Crippen molar-refractivity contribution in [2.45, 2.75) is 39.0 Å². The minimum atomic E-state index is -0.231. The van der Waals surface area contributed by atoms with E-state index in [0.717, 1.165) is 29.4 Å². The van der Waals surface area contributed by atoms with Crippen molar-refractivity contribution < 1.29 is 9.53 Å². The third-order valence-corrected chi connectivity index (χ3v) is 5.95. The number of carbonyl (C=O) groups excluding carboxylic acids is 1. The summed E-state index contributed by atoms with van der Waals surface area (Å²) in [5.74, 6) is 0.146. The number of ether oxygens (including phenoxy) is 1. The first-order valence-electron chi connectivity index (χ1n) is 10.0. The van der Waals surface area contributed by atoms with Crippen LogP contribution in [0.1, 0.15) is 44.7 Å². The molecule has 0 N–H and O–H groups in total. The predicted molar refractivity (Wildman–Crippen MR) is 113 cm³/mol. The van der Waals surface area contributed by atoms with Gasteiger partial charge in [0.05, 0.1) is 24.2 Å². The Morgan fingerprint density at radius 2 is 1.71 bits per heavy atom. The maximum Gasteiger partial charge on any atom is 0.308 e. The fourth-order valence-corrected chi connectivity index (χ4v) is 4.97. The first-order chi connectivity index (χ1) is 13.5. The summed E-state index contributed by atoms with van der Waals surface area (Å²) in [5.41, 5.74) is 5.57. The van der Waals surface area contributed by atoms with Gasteiger partial charge in [0.1, 0.15) is 0 Å². The van der Waals surface area contributed by atoms with Crippen LogP contribution in [-0.4, -0.2) is 18.1 Å². The summed E-state index contributed by atoms with van der Waals surface area (Å²) in [7, 11) is 1.47. The van der Waals surface area contributed by atoms with Crippen LogP contribution >= 0.6 is 0 Å². The number of para-hydroxylation sites is 1. The van der Waals surface area contributed by atoms with Crippen LogP contribution < -0.4 is 0 Å². The molecule has 2 aromatic carbocycles. The van der Waals surface area contributed by atoms with Gasteiger partial charge in [-0.15, -0.1) is 0 Å². The van der Waals surface area contributed by atoms with Crippen LogP contribution in [0, 0.1) is 11.8 Å². The fraction of sp³-hybridized carbons (Fsp3) is 0.360. The van der Waals surface area contributed by atoms with Crippen LogP contribution in [-0.2, 0) is 14.9 Å². The second-order valence-electron chi connectivity index (χ2n) is 8.43. The normalized spacial score (nSPS) is 18.8. The first kappa shape index (κ1) is 18.7. The summed E-state index contributed by atoms with van der Waals surface area (Å²) in [6.45, 7) is 6.47. The molecule has 0 amide bonds. The molecule has 0 bridgehead atoms. The average Bonchev–Trinajstić information content (AvgIpc) is 2.94. The molecule has 1 aromatic heterocycles. The molecular formula is C25H27NO2. The molecule has 0 saturated heterocycles. The number of fused-ring (bicyclic) bond motifs is 4. The van der Waals surface area contributed by atoms with Gasteiger partial charge in [0.25, 0.3) is 0 Å². The van der Waals surface area contributed by atoms with E-state index in [9.17, 15) is 4.79 Å². The van der Waals surface area contributed by atoms with Gasteiger partial charge in [0.15, 0.2) is 0 Å². The van der Waals surface area contributed by atoms with Crippen molar-refractivity contribution in [3.8, 4) is 11.3 Å². The second kappa shape index (κ2) is 7.05. The van der Waals surface area contributed by atoms with Gasteiger partial charge in [-0.1, -0.05) is 63.2 Å². The number of pyridine rings is 1. The van der Waals surface area contributed by atoms with Gasteiger partial charge < -0.3 is 4.74 Å². The monoisotopic (exact) mass is 373 g/mol. The first-order valence-corrected chi connectivity index (χ1v) is 10.0. The van der Waals surface area contributed by atoms with E-state index in [-0.39, 0.29) is 17.3 Å². The quantitative estimate of drug-likeness (QED) is 0.535. The second-order valence-corrected chi connectivity index (χ2v) is 8.43. The average molecular weight is 373 g/mol. The number of esters is 1. The molecule has 2 atom stereocenters. The molecule has 28 heavy (non-hydrogen) atoms. The summed E-state index contributed by atoms with van der Waals surface area (Å²) in [6, 6.07) is 19.1. The molecular weight excluding hydrogens is 346 g/mol. The largest absolute Gasteiger partial charge is 0.469 e. The van der Waals surface area contributed by atoms with E-state index >= 15 is 0 Å². The van der Waals surface area contributed by atoms with Crippen molar-refractivity contribution in [1.82, 2.24) is 4.98 Å². The molecule has 1 heterocycles. The zero-order valence-corrected chi connectivity index (χ0v) is 17.0. The zero-order chi connectivity index (χ0) is 19.9. The van der Waals surface area contributed by atoms with Crippen molar-refractivity contribution in [1.29, 1.82) is 0 Å².